The lowest BCUT2D eigenvalue weighted by atomic mass is 9.95. The second kappa shape index (κ2) is 6.74. The minimum atomic E-state index is 0.662. The van der Waals surface area contributed by atoms with Gasteiger partial charge in [0.15, 0.2) is 0 Å². The quantitative estimate of drug-likeness (QED) is 0.317. The number of aryl methyl sites for hydroxylation is 2. The van der Waals surface area contributed by atoms with Crippen molar-refractivity contribution in [3.63, 3.8) is 0 Å². The molecule has 0 aliphatic rings. The first kappa shape index (κ1) is 17.8. The van der Waals surface area contributed by atoms with Crippen LogP contribution in [0.3, 0.4) is 0 Å². The molecule has 0 aliphatic carbocycles. The van der Waals surface area contributed by atoms with Crippen LogP contribution >= 0.6 is 0 Å². The molecule has 4 heteroatoms. The van der Waals surface area contributed by atoms with Crippen LogP contribution in [0.5, 0.6) is 0 Å². The highest BCUT2D eigenvalue weighted by atomic mass is 16.3. The lowest BCUT2D eigenvalue weighted by Crippen LogP contribution is -1.91. The van der Waals surface area contributed by atoms with E-state index >= 15 is 0 Å². The number of para-hydroxylation sites is 1. The van der Waals surface area contributed by atoms with Crippen LogP contribution in [0.2, 0.25) is 0 Å². The Morgan fingerprint density at radius 3 is 2.55 bits per heavy atom. The van der Waals surface area contributed by atoms with Gasteiger partial charge >= 0.3 is 0 Å². The number of nitrogens with zero attached hydrogens (tertiary/aromatic N) is 3. The number of hydrogen-bond acceptors (Lipinski definition) is 4. The standard InChI is InChI=1S/C27H19N3O/c1-16-14-29-25(13-23(16)19-6-3-5-18-11-12-28-15-24(18)19)22-8-4-7-20-21-10-9-17(2)30-27(21)31-26(20)22/h3-15H,1-2H3. The first-order chi connectivity index (χ1) is 15.2. The summed E-state index contributed by atoms with van der Waals surface area (Å²) in [5.74, 6) is 0. The van der Waals surface area contributed by atoms with E-state index in [-0.39, 0.29) is 0 Å². The molecule has 4 aromatic heterocycles. The normalized spacial score (nSPS) is 11.5. The van der Waals surface area contributed by atoms with Crippen LogP contribution in [-0.2, 0) is 0 Å². The molecule has 0 aliphatic heterocycles. The van der Waals surface area contributed by atoms with Crippen molar-refractivity contribution in [1.82, 2.24) is 15.0 Å². The second-order valence-electron chi connectivity index (χ2n) is 7.88. The lowest BCUT2D eigenvalue weighted by molar-refractivity contribution is 0.653. The highest BCUT2D eigenvalue weighted by Crippen LogP contribution is 2.37. The summed E-state index contributed by atoms with van der Waals surface area (Å²) in [7, 11) is 0. The molecule has 0 N–H and O–H groups in total. The van der Waals surface area contributed by atoms with E-state index in [1.807, 2.05) is 37.6 Å². The molecule has 148 valence electrons. The zero-order valence-corrected chi connectivity index (χ0v) is 17.3. The molecule has 6 aromatic rings. The van der Waals surface area contributed by atoms with Crippen molar-refractivity contribution in [3.05, 3.63) is 90.5 Å². The highest BCUT2D eigenvalue weighted by Gasteiger charge is 2.16. The Balaban J connectivity index is 1.60. The average molecular weight is 401 g/mol. The largest absolute Gasteiger partial charge is 0.437 e. The molecule has 2 aromatic carbocycles. The Kier molecular flexibility index (Phi) is 3.87. The molecule has 4 nitrogen and oxygen atoms in total. The Hall–Kier alpha value is -4.05. The molecule has 0 spiro atoms. The van der Waals surface area contributed by atoms with Gasteiger partial charge < -0.3 is 4.42 Å². The summed E-state index contributed by atoms with van der Waals surface area (Å²) in [5, 5.41) is 4.38. The zero-order chi connectivity index (χ0) is 20.9. The van der Waals surface area contributed by atoms with Crippen LogP contribution in [0.25, 0.3) is 55.2 Å². The molecule has 0 saturated carbocycles. The van der Waals surface area contributed by atoms with E-state index < -0.39 is 0 Å². The lowest BCUT2D eigenvalue weighted by Gasteiger charge is -2.11. The van der Waals surface area contributed by atoms with E-state index in [2.05, 4.69) is 65.4 Å². The van der Waals surface area contributed by atoms with Gasteiger partial charge in [-0.05, 0) is 66.3 Å². The maximum absolute atomic E-state index is 6.20. The zero-order valence-electron chi connectivity index (χ0n) is 17.3. The van der Waals surface area contributed by atoms with Crippen LogP contribution in [0.15, 0.2) is 83.7 Å². The Bertz CT molecular complexity index is 1610. The van der Waals surface area contributed by atoms with Crippen LogP contribution in [-0.4, -0.2) is 15.0 Å². The molecule has 0 amide bonds. The highest BCUT2D eigenvalue weighted by molar-refractivity contribution is 6.08. The number of pyridine rings is 3. The fourth-order valence-corrected chi connectivity index (χ4v) is 4.28. The molecule has 31 heavy (non-hydrogen) atoms. The van der Waals surface area contributed by atoms with E-state index in [0.29, 0.717) is 5.71 Å². The molecule has 0 fully saturated rings. The first-order valence-electron chi connectivity index (χ1n) is 10.3. The monoisotopic (exact) mass is 401 g/mol. The van der Waals surface area contributed by atoms with Crippen LogP contribution < -0.4 is 0 Å². The summed E-state index contributed by atoms with van der Waals surface area (Å²) in [6.45, 7) is 4.07. The van der Waals surface area contributed by atoms with Crippen molar-refractivity contribution in [2.24, 2.45) is 0 Å². The summed E-state index contributed by atoms with van der Waals surface area (Å²) in [4.78, 5) is 13.7. The number of rotatable bonds is 2. The van der Waals surface area contributed by atoms with Crippen molar-refractivity contribution < 1.29 is 4.42 Å². The minimum Gasteiger partial charge on any atom is -0.437 e. The second-order valence-corrected chi connectivity index (χ2v) is 7.88. The van der Waals surface area contributed by atoms with Gasteiger partial charge in [-0.2, -0.15) is 0 Å². The number of fused-ring (bicyclic) bond motifs is 4. The van der Waals surface area contributed by atoms with E-state index in [9.17, 15) is 0 Å². The van der Waals surface area contributed by atoms with Gasteiger partial charge in [-0.1, -0.05) is 30.3 Å². The molecule has 0 atom stereocenters. The number of aromatic nitrogens is 3. The van der Waals surface area contributed by atoms with Gasteiger partial charge in [0, 0.05) is 46.0 Å². The Morgan fingerprint density at radius 2 is 1.61 bits per heavy atom. The van der Waals surface area contributed by atoms with E-state index in [1.165, 1.54) is 5.39 Å². The number of hydrogen-bond donors (Lipinski definition) is 0. The number of benzene rings is 2. The fourth-order valence-electron chi connectivity index (χ4n) is 4.28. The molecule has 6 rings (SSSR count). The van der Waals surface area contributed by atoms with Gasteiger partial charge in [0.25, 0.3) is 0 Å². The Morgan fingerprint density at radius 1 is 0.742 bits per heavy atom. The van der Waals surface area contributed by atoms with Crippen molar-refractivity contribution in [1.29, 1.82) is 0 Å². The van der Waals surface area contributed by atoms with Crippen LogP contribution in [0, 0.1) is 13.8 Å². The summed E-state index contributed by atoms with van der Waals surface area (Å²) >= 11 is 0. The van der Waals surface area contributed by atoms with Crippen LogP contribution in [0.1, 0.15) is 11.3 Å². The van der Waals surface area contributed by atoms with Gasteiger partial charge in [-0.25, -0.2) is 4.98 Å². The summed E-state index contributed by atoms with van der Waals surface area (Å²) in [5.41, 5.74) is 7.68. The molecule has 0 radical (unpaired) electrons. The van der Waals surface area contributed by atoms with Crippen molar-refractivity contribution in [3.8, 4) is 22.4 Å². The maximum atomic E-state index is 6.20. The molecule has 0 unspecified atom stereocenters. The smallest absolute Gasteiger partial charge is 0.227 e. The predicted octanol–water partition coefficient (Wildman–Crippen LogP) is 6.88. The SMILES string of the molecule is Cc1ccc2c(n1)oc1c(-c3cc(-c4cccc5ccncc45)c(C)cn3)cccc12. The van der Waals surface area contributed by atoms with Gasteiger partial charge in [0.05, 0.1) is 5.69 Å². The van der Waals surface area contributed by atoms with Gasteiger partial charge in [-0.3, -0.25) is 9.97 Å². The predicted molar refractivity (Wildman–Crippen MR) is 125 cm³/mol. The van der Waals surface area contributed by atoms with E-state index in [1.54, 1.807) is 0 Å². The Labute approximate surface area is 179 Å². The van der Waals surface area contributed by atoms with Gasteiger partial charge in [0.1, 0.15) is 5.58 Å². The summed E-state index contributed by atoms with van der Waals surface area (Å²) < 4.78 is 6.20. The third-order valence-electron chi connectivity index (χ3n) is 5.86. The molecule has 4 heterocycles. The average Bonchev–Trinajstić information content (AvgIpc) is 3.17. The molecular formula is C27H19N3O. The van der Waals surface area contributed by atoms with Crippen molar-refractivity contribution >= 4 is 32.8 Å². The van der Waals surface area contributed by atoms with Crippen molar-refractivity contribution in [2.75, 3.05) is 0 Å². The first-order valence-corrected chi connectivity index (χ1v) is 10.3. The third-order valence-corrected chi connectivity index (χ3v) is 5.86. The molecule has 0 bridgehead atoms. The minimum absolute atomic E-state index is 0.662. The number of furan rings is 1. The van der Waals surface area contributed by atoms with E-state index in [4.69, 9.17) is 9.40 Å². The summed E-state index contributed by atoms with van der Waals surface area (Å²) in [6.07, 6.45) is 5.69. The van der Waals surface area contributed by atoms with Crippen molar-refractivity contribution in [2.45, 2.75) is 13.8 Å². The fraction of sp³-hybridized carbons (Fsp3) is 0.0741. The van der Waals surface area contributed by atoms with E-state index in [0.717, 1.165) is 55.4 Å². The van der Waals surface area contributed by atoms with Gasteiger partial charge in [0.2, 0.25) is 5.71 Å². The third kappa shape index (κ3) is 2.80. The summed E-state index contributed by atoms with van der Waals surface area (Å²) in [6, 6.07) is 20.8. The molecular weight excluding hydrogens is 382 g/mol. The van der Waals surface area contributed by atoms with Gasteiger partial charge in [-0.15, -0.1) is 0 Å². The maximum Gasteiger partial charge on any atom is 0.227 e. The topological polar surface area (TPSA) is 51.8 Å². The van der Waals surface area contributed by atoms with Crippen LogP contribution in [0.4, 0.5) is 0 Å². The molecule has 0 saturated heterocycles.